The van der Waals surface area contributed by atoms with E-state index in [1.807, 2.05) is 55.1 Å². The standard InChI is InChI=1S/C24H34N6O3/c1-4-13-25-24(32)28(5-2)18-23(31)30-15-6-14-29(16-17-30)22-12-11-21(26-27-22)19-7-9-20(33-3)10-8-19/h7-12H,4-6,13-18H2,1-3H3,(H,25,32). The topological polar surface area (TPSA) is 90.9 Å². The fourth-order valence-electron chi connectivity index (χ4n) is 3.74. The number of nitrogens with zero attached hydrogens (tertiary/aromatic N) is 5. The second kappa shape index (κ2) is 12.0. The number of carbonyl (C=O) groups excluding carboxylic acids is 2. The first-order valence-electron chi connectivity index (χ1n) is 11.6. The summed E-state index contributed by atoms with van der Waals surface area (Å²) in [4.78, 5) is 30.6. The van der Waals surface area contributed by atoms with E-state index in [2.05, 4.69) is 20.4 Å². The zero-order valence-electron chi connectivity index (χ0n) is 19.8. The molecule has 1 aromatic heterocycles. The fraction of sp³-hybridized carbons (Fsp3) is 0.500. The van der Waals surface area contributed by atoms with E-state index in [-0.39, 0.29) is 18.5 Å². The third-order valence-electron chi connectivity index (χ3n) is 5.73. The summed E-state index contributed by atoms with van der Waals surface area (Å²) in [5.41, 5.74) is 1.78. The lowest BCUT2D eigenvalue weighted by Gasteiger charge is -2.26. The molecule has 1 aliphatic heterocycles. The van der Waals surface area contributed by atoms with E-state index in [1.165, 1.54) is 0 Å². The van der Waals surface area contributed by atoms with Gasteiger partial charge in [0.15, 0.2) is 5.82 Å². The second-order valence-electron chi connectivity index (χ2n) is 7.97. The second-order valence-corrected chi connectivity index (χ2v) is 7.97. The summed E-state index contributed by atoms with van der Waals surface area (Å²) in [6.45, 7) is 7.83. The largest absolute Gasteiger partial charge is 0.497 e. The number of likely N-dealkylation sites (N-methyl/N-ethyl adjacent to an activating group) is 1. The van der Waals surface area contributed by atoms with Gasteiger partial charge in [0.2, 0.25) is 5.91 Å². The van der Waals surface area contributed by atoms with E-state index in [0.717, 1.165) is 42.2 Å². The molecule has 1 saturated heterocycles. The molecule has 1 fully saturated rings. The molecule has 2 aromatic rings. The average molecular weight is 455 g/mol. The highest BCUT2D eigenvalue weighted by molar-refractivity contribution is 5.84. The number of nitrogens with one attached hydrogen (secondary N) is 1. The molecule has 1 N–H and O–H groups in total. The number of hydrogen-bond acceptors (Lipinski definition) is 6. The Morgan fingerprint density at radius 1 is 1.03 bits per heavy atom. The number of benzene rings is 1. The zero-order valence-corrected chi connectivity index (χ0v) is 19.8. The molecule has 9 heteroatoms. The highest BCUT2D eigenvalue weighted by atomic mass is 16.5. The first-order chi connectivity index (χ1) is 16.0. The number of urea groups is 1. The highest BCUT2D eigenvalue weighted by Crippen LogP contribution is 2.22. The van der Waals surface area contributed by atoms with Crippen LogP contribution in [-0.4, -0.2) is 84.9 Å². The summed E-state index contributed by atoms with van der Waals surface area (Å²) in [5, 5.41) is 11.7. The van der Waals surface area contributed by atoms with Crippen LogP contribution in [0.5, 0.6) is 5.75 Å². The Bertz CT molecular complexity index is 903. The first kappa shape index (κ1) is 24.3. The maximum Gasteiger partial charge on any atom is 0.317 e. The Morgan fingerprint density at radius 2 is 1.82 bits per heavy atom. The average Bonchev–Trinajstić information content (AvgIpc) is 3.12. The van der Waals surface area contributed by atoms with Gasteiger partial charge >= 0.3 is 6.03 Å². The van der Waals surface area contributed by atoms with E-state index in [1.54, 1.807) is 12.0 Å². The summed E-state index contributed by atoms with van der Waals surface area (Å²) in [6.07, 6.45) is 1.70. The van der Waals surface area contributed by atoms with Gasteiger partial charge in [0.25, 0.3) is 0 Å². The van der Waals surface area contributed by atoms with E-state index in [9.17, 15) is 9.59 Å². The van der Waals surface area contributed by atoms with E-state index in [0.29, 0.717) is 32.7 Å². The van der Waals surface area contributed by atoms with Gasteiger partial charge in [-0.05, 0) is 56.2 Å². The maximum absolute atomic E-state index is 12.8. The molecule has 2 heterocycles. The molecule has 3 amide bonds. The Hall–Kier alpha value is -3.36. The van der Waals surface area contributed by atoms with Crippen molar-refractivity contribution >= 4 is 17.8 Å². The minimum atomic E-state index is -0.184. The van der Waals surface area contributed by atoms with Crippen molar-refractivity contribution in [3.05, 3.63) is 36.4 Å². The smallest absolute Gasteiger partial charge is 0.317 e. The molecule has 0 saturated carbocycles. The van der Waals surface area contributed by atoms with Crippen molar-refractivity contribution in [2.24, 2.45) is 0 Å². The number of carbonyl (C=O) groups is 2. The number of hydrogen-bond donors (Lipinski definition) is 1. The lowest BCUT2D eigenvalue weighted by Crippen LogP contribution is -2.47. The predicted molar refractivity (Wildman–Crippen MR) is 128 cm³/mol. The first-order valence-corrected chi connectivity index (χ1v) is 11.6. The molecule has 3 rings (SSSR count). The van der Waals surface area contributed by atoms with Gasteiger partial charge in [-0.1, -0.05) is 6.92 Å². The minimum Gasteiger partial charge on any atom is -0.497 e. The number of rotatable bonds is 8. The summed E-state index contributed by atoms with van der Waals surface area (Å²) in [5.74, 6) is 1.58. The Balaban J connectivity index is 1.56. The van der Waals surface area contributed by atoms with Crippen LogP contribution in [0.15, 0.2) is 36.4 Å². The fourth-order valence-corrected chi connectivity index (χ4v) is 3.74. The van der Waals surface area contributed by atoms with Gasteiger partial charge in [-0.3, -0.25) is 4.79 Å². The number of anilines is 1. The van der Waals surface area contributed by atoms with Gasteiger partial charge in [-0.15, -0.1) is 10.2 Å². The van der Waals surface area contributed by atoms with Crippen LogP contribution in [0, 0.1) is 0 Å². The highest BCUT2D eigenvalue weighted by Gasteiger charge is 2.23. The molecule has 0 aliphatic carbocycles. The minimum absolute atomic E-state index is 0.0220. The summed E-state index contributed by atoms with van der Waals surface area (Å²) in [6, 6.07) is 11.5. The van der Waals surface area contributed by atoms with E-state index < -0.39 is 0 Å². The van der Waals surface area contributed by atoms with Gasteiger partial charge in [0.1, 0.15) is 12.3 Å². The molecule has 178 valence electrons. The van der Waals surface area contributed by atoms with Crippen molar-refractivity contribution in [3.63, 3.8) is 0 Å². The van der Waals surface area contributed by atoms with Gasteiger partial charge in [-0.25, -0.2) is 4.79 Å². The summed E-state index contributed by atoms with van der Waals surface area (Å²) < 4.78 is 5.20. The van der Waals surface area contributed by atoms with Crippen molar-refractivity contribution in [1.29, 1.82) is 0 Å². The van der Waals surface area contributed by atoms with Gasteiger partial charge < -0.3 is 24.8 Å². The SMILES string of the molecule is CCCNC(=O)N(CC)CC(=O)N1CCCN(c2ccc(-c3ccc(OC)cc3)nn2)CC1. The molecule has 1 aliphatic rings. The third kappa shape index (κ3) is 6.57. The molecular weight excluding hydrogens is 420 g/mol. The van der Waals surface area contributed by atoms with Crippen LogP contribution in [-0.2, 0) is 4.79 Å². The molecule has 0 unspecified atom stereocenters. The van der Waals surface area contributed by atoms with Gasteiger partial charge in [-0.2, -0.15) is 0 Å². The number of amides is 3. The predicted octanol–water partition coefficient (Wildman–Crippen LogP) is 2.63. The van der Waals surface area contributed by atoms with Crippen molar-refractivity contribution in [2.45, 2.75) is 26.7 Å². The van der Waals surface area contributed by atoms with Crippen LogP contribution in [0.2, 0.25) is 0 Å². The number of aromatic nitrogens is 2. The van der Waals surface area contributed by atoms with Crippen molar-refractivity contribution in [3.8, 4) is 17.0 Å². The molecule has 0 bridgehead atoms. The quantitative estimate of drug-likeness (QED) is 0.659. The van der Waals surface area contributed by atoms with Crippen molar-refractivity contribution in [2.75, 3.05) is 57.8 Å². The molecule has 0 spiro atoms. The van der Waals surface area contributed by atoms with Crippen LogP contribution in [0.4, 0.5) is 10.6 Å². The van der Waals surface area contributed by atoms with Gasteiger partial charge in [0.05, 0.1) is 12.8 Å². The van der Waals surface area contributed by atoms with E-state index >= 15 is 0 Å². The van der Waals surface area contributed by atoms with Crippen LogP contribution in [0.3, 0.4) is 0 Å². The maximum atomic E-state index is 12.8. The molecule has 0 atom stereocenters. The third-order valence-corrected chi connectivity index (χ3v) is 5.73. The zero-order chi connectivity index (χ0) is 23.6. The van der Waals surface area contributed by atoms with Crippen LogP contribution >= 0.6 is 0 Å². The lowest BCUT2D eigenvalue weighted by molar-refractivity contribution is -0.131. The number of methoxy groups -OCH3 is 1. The van der Waals surface area contributed by atoms with Crippen LogP contribution < -0.4 is 15.0 Å². The Morgan fingerprint density at radius 3 is 2.45 bits per heavy atom. The summed E-state index contributed by atoms with van der Waals surface area (Å²) in [7, 11) is 1.64. The van der Waals surface area contributed by atoms with Crippen molar-refractivity contribution in [1.82, 2.24) is 25.3 Å². The molecule has 9 nitrogen and oxygen atoms in total. The summed E-state index contributed by atoms with van der Waals surface area (Å²) >= 11 is 0. The Kier molecular flexibility index (Phi) is 8.86. The lowest BCUT2D eigenvalue weighted by atomic mass is 10.1. The van der Waals surface area contributed by atoms with Gasteiger partial charge in [0, 0.05) is 44.8 Å². The molecule has 1 aromatic carbocycles. The number of ether oxygens (including phenoxy) is 1. The van der Waals surface area contributed by atoms with Crippen molar-refractivity contribution < 1.29 is 14.3 Å². The van der Waals surface area contributed by atoms with Crippen LogP contribution in [0.1, 0.15) is 26.7 Å². The normalized spacial score (nSPS) is 13.9. The Labute approximate surface area is 195 Å². The van der Waals surface area contributed by atoms with Crippen LogP contribution in [0.25, 0.3) is 11.3 Å². The molecule has 33 heavy (non-hydrogen) atoms. The molecule has 0 radical (unpaired) electrons. The monoisotopic (exact) mass is 454 g/mol. The van der Waals surface area contributed by atoms with E-state index in [4.69, 9.17) is 4.74 Å². The molecular formula is C24H34N6O3.